The predicted octanol–water partition coefficient (Wildman–Crippen LogP) is 4.65. The van der Waals surface area contributed by atoms with Crippen LogP contribution in [0.3, 0.4) is 0 Å². The number of nitrogens with zero attached hydrogens (tertiary/aromatic N) is 3. The number of benzene rings is 2. The largest absolute Gasteiger partial charge is 0.355 e. The second-order valence-corrected chi connectivity index (χ2v) is 9.08. The molecule has 0 bridgehead atoms. The maximum absolute atomic E-state index is 12.6. The maximum atomic E-state index is 12.6. The third-order valence-electron chi connectivity index (χ3n) is 5.30. The number of carbonyl (C=O) groups excluding carboxylic acids is 1. The first-order valence-electron chi connectivity index (χ1n) is 10.2. The van der Waals surface area contributed by atoms with Gasteiger partial charge in [-0.2, -0.15) is 0 Å². The minimum absolute atomic E-state index is 0.0108. The summed E-state index contributed by atoms with van der Waals surface area (Å²) in [5.41, 5.74) is 6.73. The van der Waals surface area contributed by atoms with Crippen LogP contribution in [0, 0.1) is 20.8 Å². The average Bonchev–Trinajstić information content (AvgIpc) is 3.10. The molecule has 1 amide bonds. The Bertz CT molecular complexity index is 1220. The van der Waals surface area contributed by atoms with Gasteiger partial charge in [-0.1, -0.05) is 53.7 Å². The fraction of sp³-hybridized carbons (Fsp3) is 0.292. The monoisotopic (exact) mass is 418 g/mol. The summed E-state index contributed by atoms with van der Waals surface area (Å²) in [6, 6.07) is 16.6. The Morgan fingerprint density at radius 1 is 1.07 bits per heavy atom. The molecule has 0 aliphatic heterocycles. The van der Waals surface area contributed by atoms with Crippen LogP contribution in [0.15, 0.2) is 53.7 Å². The zero-order chi connectivity index (χ0) is 21.3. The fourth-order valence-corrected chi connectivity index (χ4v) is 4.70. The molecule has 2 heterocycles. The van der Waals surface area contributed by atoms with E-state index in [-0.39, 0.29) is 11.2 Å². The van der Waals surface area contributed by atoms with E-state index in [0.29, 0.717) is 6.54 Å². The molecule has 0 saturated carbocycles. The van der Waals surface area contributed by atoms with Gasteiger partial charge in [0.25, 0.3) is 0 Å². The highest BCUT2D eigenvalue weighted by Crippen LogP contribution is 2.30. The molecule has 0 fully saturated rings. The summed E-state index contributed by atoms with van der Waals surface area (Å²) in [6.45, 7) is 8.86. The molecule has 0 aliphatic carbocycles. The average molecular weight is 419 g/mol. The number of rotatable bonds is 6. The zero-order valence-electron chi connectivity index (χ0n) is 17.8. The van der Waals surface area contributed by atoms with E-state index in [9.17, 15) is 4.79 Å². The number of aryl methyl sites for hydroxylation is 3. The van der Waals surface area contributed by atoms with Crippen molar-refractivity contribution in [2.45, 2.75) is 44.5 Å². The lowest BCUT2D eigenvalue weighted by Gasteiger charge is -2.14. The van der Waals surface area contributed by atoms with Crippen LogP contribution in [0.25, 0.3) is 16.6 Å². The standard InChI is InChI=1S/C24H26N4OS/c1-15-12-17(3)22-20(13-15)16(2)14-21-26-27-24(28(21)22)30-18(4)23(29)25-11-10-19-8-6-5-7-9-19/h5-9,12-14,18H,10-11H2,1-4H3,(H,25,29). The SMILES string of the molecule is Cc1cc(C)c2c(c1)c(C)cc1nnc(SC(C)C(=O)NCCc3ccccc3)n12. The number of amides is 1. The van der Waals surface area contributed by atoms with Crippen molar-refractivity contribution in [3.05, 3.63) is 70.8 Å². The number of thioether (sulfide) groups is 1. The lowest BCUT2D eigenvalue weighted by atomic mass is 10.0. The van der Waals surface area contributed by atoms with Crippen LogP contribution in [-0.2, 0) is 11.2 Å². The van der Waals surface area contributed by atoms with Gasteiger partial charge in [0.05, 0.1) is 10.8 Å². The van der Waals surface area contributed by atoms with E-state index in [1.807, 2.05) is 25.1 Å². The van der Waals surface area contributed by atoms with Crippen LogP contribution in [0.4, 0.5) is 0 Å². The Hall–Kier alpha value is -2.86. The molecule has 0 aliphatic rings. The molecule has 4 rings (SSSR count). The topological polar surface area (TPSA) is 59.3 Å². The molecular formula is C24H26N4OS. The minimum atomic E-state index is -0.268. The van der Waals surface area contributed by atoms with Gasteiger partial charge in [-0.3, -0.25) is 9.20 Å². The Morgan fingerprint density at radius 3 is 2.60 bits per heavy atom. The minimum Gasteiger partial charge on any atom is -0.355 e. The molecule has 1 atom stereocenters. The van der Waals surface area contributed by atoms with Crippen LogP contribution >= 0.6 is 11.8 Å². The van der Waals surface area contributed by atoms with E-state index in [0.717, 1.165) is 22.7 Å². The molecule has 6 heteroatoms. The fourth-order valence-electron chi connectivity index (χ4n) is 3.82. The Kier molecular flexibility index (Phi) is 5.77. The van der Waals surface area contributed by atoms with E-state index in [1.165, 1.54) is 39.4 Å². The van der Waals surface area contributed by atoms with E-state index in [1.54, 1.807) is 0 Å². The van der Waals surface area contributed by atoms with Gasteiger partial charge in [0.2, 0.25) is 5.91 Å². The molecular weight excluding hydrogens is 392 g/mol. The Balaban J connectivity index is 1.55. The normalized spacial score (nSPS) is 12.4. The number of aromatic nitrogens is 3. The third kappa shape index (κ3) is 4.05. The van der Waals surface area contributed by atoms with Gasteiger partial charge in [0.1, 0.15) is 0 Å². The number of fused-ring (bicyclic) bond motifs is 3. The number of hydrogen-bond donors (Lipinski definition) is 1. The summed E-state index contributed by atoms with van der Waals surface area (Å²) in [7, 11) is 0. The lowest BCUT2D eigenvalue weighted by molar-refractivity contribution is -0.120. The molecule has 4 aromatic rings. The summed E-state index contributed by atoms with van der Waals surface area (Å²) in [4.78, 5) is 12.6. The van der Waals surface area contributed by atoms with Crippen molar-refractivity contribution in [1.29, 1.82) is 0 Å². The van der Waals surface area contributed by atoms with Crippen LogP contribution in [-0.4, -0.2) is 32.3 Å². The Labute approximate surface area is 180 Å². The van der Waals surface area contributed by atoms with Gasteiger partial charge >= 0.3 is 0 Å². The van der Waals surface area contributed by atoms with Crippen molar-refractivity contribution < 1.29 is 4.79 Å². The molecule has 2 aromatic carbocycles. The van der Waals surface area contributed by atoms with Crippen LogP contribution in [0.1, 0.15) is 29.2 Å². The first-order valence-corrected chi connectivity index (χ1v) is 11.1. The Morgan fingerprint density at radius 2 is 1.83 bits per heavy atom. The van der Waals surface area contributed by atoms with Gasteiger partial charge in [-0.25, -0.2) is 0 Å². The number of pyridine rings is 1. The molecule has 1 N–H and O–H groups in total. The van der Waals surface area contributed by atoms with Gasteiger partial charge < -0.3 is 5.32 Å². The first-order chi connectivity index (χ1) is 14.4. The van der Waals surface area contributed by atoms with Gasteiger partial charge in [0, 0.05) is 11.9 Å². The van der Waals surface area contributed by atoms with E-state index in [4.69, 9.17) is 0 Å². The van der Waals surface area contributed by atoms with Crippen LogP contribution in [0.5, 0.6) is 0 Å². The number of hydrogen-bond acceptors (Lipinski definition) is 4. The van der Waals surface area contributed by atoms with Crippen molar-refractivity contribution in [2.75, 3.05) is 6.54 Å². The highest BCUT2D eigenvalue weighted by atomic mass is 32.2. The summed E-state index contributed by atoms with van der Waals surface area (Å²) in [5.74, 6) is 0.0108. The van der Waals surface area contributed by atoms with E-state index < -0.39 is 0 Å². The number of nitrogens with one attached hydrogen (secondary N) is 1. The van der Waals surface area contributed by atoms with Crippen LogP contribution < -0.4 is 5.32 Å². The summed E-state index contributed by atoms with van der Waals surface area (Å²) in [5, 5.41) is 13.5. The zero-order valence-corrected chi connectivity index (χ0v) is 18.6. The van der Waals surface area contributed by atoms with Crippen molar-refractivity contribution in [3.8, 4) is 0 Å². The molecule has 2 aromatic heterocycles. The highest BCUT2D eigenvalue weighted by Gasteiger charge is 2.20. The predicted molar refractivity (Wildman–Crippen MR) is 123 cm³/mol. The molecule has 154 valence electrons. The second-order valence-electron chi connectivity index (χ2n) is 7.77. The molecule has 30 heavy (non-hydrogen) atoms. The molecule has 0 saturated heterocycles. The van der Waals surface area contributed by atoms with Crippen molar-refractivity contribution in [2.24, 2.45) is 0 Å². The molecule has 1 unspecified atom stereocenters. The van der Waals surface area contributed by atoms with Gasteiger partial charge in [-0.15, -0.1) is 10.2 Å². The van der Waals surface area contributed by atoms with Gasteiger partial charge in [0.15, 0.2) is 10.8 Å². The molecule has 0 radical (unpaired) electrons. The van der Waals surface area contributed by atoms with Crippen molar-refractivity contribution in [1.82, 2.24) is 19.9 Å². The van der Waals surface area contributed by atoms with Gasteiger partial charge in [-0.05, 0) is 62.9 Å². The summed E-state index contributed by atoms with van der Waals surface area (Å²) < 4.78 is 2.08. The summed E-state index contributed by atoms with van der Waals surface area (Å²) in [6.07, 6.45) is 0.820. The highest BCUT2D eigenvalue weighted by molar-refractivity contribution is 8.00. The van der Waals surface area contributed by atoms with Crippen LogP contribution in [0.2, 0.25) is 0 Å². The first kappa shape index (κ1) is 20.4. The quantitative estimate of drug-likeness (QED) is 0.463. The summed E-state index contributed by atoms with van der Waals surface area (Å²) >= 11 is 1.44. The second kappa shape index (κ2) is 8.48. The lowest BCUT2D eigenvalue weighted by Crippen LogP contribution is -2.32. The molecule has 0 spiro atoms. The smallest absolute Gasteiger partial charge is 0.233 e. The van der Waals surface area contributed by atoms with E-state index >= 15 is 0 Å². The van der Waals surface area contributed by atoms with E-state index in [2.05, 4.69) is 71.0 Å². The third-order valence-corrected chi connectivity index (χ3v) is 6.35. The van der Waals surface area contributed by atoms with Crippen molar-refractivity contribution in [3.63, 3.8) is 0 Å². The maximum Gasteiger partial charge on any atom is 0.233 e. The number of carbonyl (C=O) groups is 1. The van der Waals surface area contributed by atoms with Crippen molar-refractivity contribution >= 4 is 34.2 Å². The molecule has 5 nitrogen and oxygen atoms in total.